The Bertz CT molecular complexity index is 271. The van der Waals surface area contributed by atoms with Crippen LogP contribution in [0.5, 0.6) is 0 Å². The standard InChI is InChI=1S/C13H23NO2/c1-3-13(2,14-8-4-5-9-14)12(15)11-7-6-10-16-11/h7,12,15H,3-6,8-10H2,1-2H3. The minimum atomic E-state index is -0.474. The van der Waals surface area contributed by atoms with Gasteiger partial charge in [0, 0.05) is 6.42 Å². The molecule has 92 valence electrons. The maximum atomic E-state index is 10.5. The molecule has 0 radical (unpaired) electrons. The van der Waals surface area contributed by atoms with Crippen molar-refractivity contribution in [2.24, 2.45) is 0 Å². The van der Waals surface area contributed by atoms with Crippen LogP contribution in [0.2, 0.25) is 0 Å². The van der Waals surface area contributed by atoms with Gasteiger partial charge in [-0.3, -0.25) is 4.90 Å². The predicted octanol–water partition coefficient (Wildman–Crippen LogP) is 1.92. The molecule has 0 spiro atoms. The number of likely N-dealkylation sites (tertiary alicyclic amines) is 1. The van der Waals surface area contributed by atoms with Gasteiger partial charge < -0.3 is 9.84 Å². The summed E-state index contributed by atoms with van der Waals surface area (Å²) in [5.74, 6) is 0.788. The van der Waals surface area contributed by atoms with Gasteiger partial charge in [0.1, 0.15) is 11.9 Å². The van der Waals surface area contributed by atoms with Crippen molar-refractivity contribution in [3.63, 3.8) is 0 Å². The summed E-state index contributed by atoms with van der Waals surface area (Å²) in [7, 11) is 0. The van der Waals surface area contributed by atoms with E-state index in [9.17, 15) is 5.11 Å². The van der Waals surface area contributed by atoms with Gasteiger partial charge >= 0.3 is 0 Å². The van der Waals surface area contributed by atoms with Crippen molar-refractivity contribution >= 4 is 0 Å². The Morgan fingerprint density at radius 1 is 1.50 bits per heavy atom. The molecule has 2 aliphatic rings. The lowest BCUT2D eigenvalue weighted by Crippen LogP contribution is -2.53. The Morgan fingerprint density at radius 2 is 2.19 bits per heavy atom. The van der Waals surface area contributed by atoms with Crippen molar-refractivity contribution in [2.45, 2.75) is 51.2 Å². The molecule has 3 nitrogen and oxygen atoms in total. The Labute approximate surface area is 98.1 Å². The molecule has 2 aliphatic heterocycles. The van der Waals surface area contributed by atoms with Crippen LogP contribution in [0.25, 0.3) is 0 Å². The van der Waals surface area contributed by atoms with E-state index in [1.165, 1.54) is 12.8 Å². The third-order valence-corrected chi connectivity index (χ3v) is 4.13. The molecule has 0 bridgehead atoms. The molecular weight excluding hydrogens is 202 g/mol. The Morgan fingerprint density at radius 3 is 2.69 bits per heavy atom. The molecule has 3 heteroatoms. The highest BCUT2D eigenvalue weighted by Gasteiger charge is 2.41. The summed E-state index contributed by atoms with van der Waals surface area (Å²) < 4.78 is 5.51. The largest absolute Gasteiger partial charge is 0.495 e. The maximum Gasteiger partial charge on any atom is 0.129 e. The summed E-state index contributed by atoms with van der Waals surface area (Å²) in [6.45, 7) is 7.25. The van der Waals surface area contributed by atoms with Crippen molar-refractivity contribution in [3.05, 3.63) is 11.8 Å². The normalized spacial score (nSPS) is 27.3. The molecule has 0 aliphatic carbocycles. The second-order valence-electron chi connectivity index (χ2n) is 5.05. The topological polar surface area (TPSA) is 32.7 Å². The van der Waals surface area contributed by atoms with Gasteiger partial charge in [-0.15, -0.1) is 0 Å². The fourth-order valence-electron chi connectivity index (χ4n) is 2.75. The highest BCUT2D eigenvalue weighted by Crippen LogP contribution is 2.32. The van der Waals surface area contributed by atoms with E-state index in [0.717, 1.165) is 38.3 Å². The molecule has 0 amide bonds. The zero-order chi connectivity index (χ0) is 11.6. The summed E-state index contributed by atoms with van der Waals surface area (Å²) in [6.07, 6.45) is 5.96. The van der Waals surface area contributed by atoms with Gasteiger partial charge in [0.25, 0.3) is 0 Å². The highest BCUT2D eigenvalue weighted by atomic mass is 16.5. The van der Waals surface area contributed by atoms with Crippen LogP contribution in [0.3, 0.4) is 0 Å². The molecule has 0 aromatic carbocycles. The molecule has 0 aromatic heterocycles. The van der Waals surface area contributed by atoms with E-state index in [0.29, 0.717) is 0 Å². The first-order valence-electron chi connectivity index (χ1n) is 6.44. The quantitative estimate of drug-likeness (QED) is 0.793. The van der Waals surface area contributed by atoms with E-state index in [4.69, 9.17) is 4.74 Å². The molecule has 2 unspecified atom stereocenters. The minimum Gasteiger partial charge on any atom is -0.495 e. The molecule has 1 saturated heterocycles. The third kappa shape index (κ3) is 1.98. The van der Waals surface area contributed by atoms with Crippen molar-refractivity contribution in [1.29, 1.82) is 0 Å². The van der Waals surface area contributed by atoms with Crippen LogP contribution in [0.15, 0.2) is 11.8 Å². The average molecular weight is 225 g/mol. The van der Waals surface area contributed by atoms with E-state index in [-0.39, 0.29) is 5.54 Å². The van der Waals surface area contributed by atoms with Crippen LogP contribution in [0.4, 0.5) is 0 Å². The monoisotopic (exact) mass is 225 g/mol. The highest BCUT2D eigenvalue weighted by molar-refractivity contribution is 5.13. The zero-order valence-electron chi connectivity index (χ0n) is 10.4. The molecule has 2 heterocycles. The molecule has 1 N–H and O–H groups in total. The second-order valence-corrected chi connectivity index (χ2v) is 5.05. The molecule has 0 aromatic rings. The Balaban J connectivity index is 2.12. The summed E-state index contributed by atoms with van der Waals surface area (Å²) in [5.41, 5.74) is -0.160. The predicted molar refractivity (Wildman–Crippen MR) is 64.2 cm³/mol. The van der Waals surface area contributed by atoms with Crippen molar-refractivity contribution in [1.82, 2.24) is 4.90 Å². The molecular formula is C13H23NO2. The number of rotatable bonds is 4. The third-order valence-electron chi connectivity index (χ3n) is 4.13. The van der Waals surface area contributed by atoms with Crippen molar-refractivity contribution in [2.75, 3.05) is 19.7 Å². The fraction of sp³-hybridized carbons (Fsp3) is 0.846. The molecule has 0 saturated carbocycles. The maximum absolute atomic E-state index is 10.5. The number of ether oxygens (including phenoxy) is 1. The molecule has 16 heavy (non-hydrogen) atoms. The Kier molecular flexibility index (Phi) is 3.55. The van der Waals surface area contributed by atoms with Crippen LogP contribution in [-0.4, -0.2) is 41.3 Å². The summed E-state index contributed by atoms with van der Waals surface area (Å²) in [5, 5.41) is 10.5. The van der Waals surface area contributed by atoms with E-state index in [1.54, 1.807) is 0 Å². The zero-order valence-corrected chi connectivity index (χ0v) is 10.4. The molecule has 2 rings (SSSR count). The first-order chi connectivity index (χ1) is 7.68. The van der Waals surface area contributed by atoms with Gasteiger partial charge in [-0.05, 0) is 45.4 Å². The number of aliphatic hydroxyl groups excluding tert-OH is 1. The molecule has 2 atom stereocenters. The SMILES string of the molecule is CCC(C)(C(O)C1=CCCO1)N1CCCC1. The van der Waals surface area contributed by atoms with Gasteiger partial charge in [-0.25, -0.2) is 0 Å². The van der Waals surface area contributed by atoms with Crippen molar-refractivity contribution in [3.8, 4) is 0 Å². The lowest BCUT2D eigenvalue weighted by molar-refractivity contribution is -0.0191. The van der Waals surface area contributed by atoms with Crippen LogP contribution < -0.4 is 0 Å². The van der Waals surface area contributed by atoms with Crippen LogP contribution in [-0.2, 0) is 4.74 Å². The number of hydrogen-bond acceptors (Lipinski definition) is 3. The van der Waals surface area contributed by atoms with Crippen LogP contribution >= 0.6 is 0 Å². The van der Waals surface area contributed by atoms with E-state index >= 15 is 0 Å². The van der Waals surface area contributed by atoms with Gasteiger partial charge in [-0.1, -0.05) is 6.92 Å². The smallest absolute Gasteiger partial charge is 0.129 e. The number of aliphatic hydroxyl groups is 1. The summed E-state index contributed by atoms with van der Waals surface area (Å²) >= 11 is 0. The van der Waals surface area contributed by atoms with Crippen molar-refractivity contribution < 1.29 is 9.84 Å². The van der Waals surface area contributed by atoms with Crippen LogP contribution in [0.1, 0.15) is 39.5 Å². The lowest BCUT2D eigenvalue weighted by atomic mass is 9.88. The van der Waals surface area contributed by atoms with Gasteiger partial charge in [-0.2, -0.15) is 0 Å². The van der Waals surface area contributed by atoms with Gasteiger partial charge in [0.05, 0.1) is 12.1 Å². The molecule has 1 fully saturated rings. The van der Waals surface area contributed by atoms with Gasteiger partial charge in [0.2, 0.25) is 0 Å². The number of hydrogen-bond donors (Lipinski definition) is 1. The fourth-order valence-corrected chi connectivity index (χ4v) is 2.75. The lowest BCUT2D eigenvalue weighted by Gasteiger charge is -2.42. The van der Waals surface area contributed by atoms with E-state index in [1.807, 2.05) is 6.08 Å². The summed E-state index contributed by atoms with van der Waals surface area (Å²) in [6, 6.07) is 0. The van der Waals surface area contributed by atoms with E-state index in [2.05, 4.69) is 18.7 Å². The number of nitrogens with zero attached hydrogens (tertiary/aromatic N) is 1. The van der Waals surface area contributed by atoms with E-state index < -0.39 is 6.10 Å². The summed E-state index contributed by atoms with van der Waals surface area (Å²) in [4.78, 5) is 2.42. The Hall–Kier alpha value is -0.540. The first-order valence-corrected chi connectivity index (χ1v) is 6.44. The first kappa shape index (κ1) is 11.9. The minimum absolute atomic E-state index is 0.160. The van der Waals surface area contributed by atoms with Gasteiger partial charge in [0.15, 0.2) is 0 Å². The average Bonchev–Trinajstić information content (AvgIpc) is 2.98. The second kappa shape index (κ2) is 4.76. The van der Waals surface area contributed by atoms with Crippen LogP contribution in [0, 0.1) is 0 Å².